The van der Waals surface area contributed by atoms with E-state index in [4.69, 9.17) is 0 Å². The van der Waals surface area contributed by atoms with Crippen LogP contribution >= 0.6 is 0 Å². The Balaban J connectivity index is 2.59. The monoisotopic (exact) mass is 218 g/mol. The second-order valence-electron chi connectivity index (χ2n) is 4.62. The molecule has 16 heavy (non-hydrogen) atoms. The number of benzene rings is 1. The van der Waals surface area contributed by atoms with Gasteiger partial charge in [0.05, 0.1) is 6.61 Å². The first-order valence-corrected chi connectivity index (χ1v) is 6.00. The number of allylic oxidation sites excluding steroid dienone is 1. The van der Waals surface area contributed by atoms with Gasteiger partial charge in [0.15, 0.2) is 0 Å². The minimum absolute atomic E-state index is 0.0948. The summed E-state index contributed by atoms with van der Waals surface area (Å²) in [7, 11) is 0. The molecule has 1 aromatic carbocycles. The number of aliphatic hydroxyl groups excluding tert-OH is 1. The van der Waals surface area contributed by atoms with Crippen LogP contribution in [0.2, 0.25) is 0 Å². The van der Waals surface area contributed by atoms with Crippen molar-refractivity contribution in [2.45, 2.75) is 38.0 Å². The van der Waals surface area contributed by atoms with E-state index in [1.807, 2.05) is 24.3 Å². The topological polar surface area (TPSA) is 20.2 Å². The van der Waals surface area contributed by atoms with Crippen molar-refractivity contribution in [3.8, 4) is 0 Å². The van der Waals surface area contributed by atoms with Gasteiger partial charge in [-0.05, 0) is 24.8 Å². The number of aliphatic hydroxyl groups is 1. The summed E-state index contributed by atoms with van der Waals surface area (Å²) in [6.07, 6.45) is 6.35. The van der Waals surface area contributed by atoms with Crippen LogP contribution in [-0.2, 0) is 5.41 Å². The molecular formula is C15H22O. The third kappa shape index (κ3) is 3.49. The molecule has 88 valence electrons. The van der Waals surface area contributed by atoms with Crippen LogP contribution in [-0.4, -0.2) is 11.7 Å². The molecule has 0 bridgehead atoms. The minimum atomic E-state index is -0.0948. The molecule has 0 aliphatic heterocycles. The zero-order valence-corrected chi connectivity index (χ0v) is 10.2. The van der Waals surface area contributed by atoms with E-state index in [9.17, 15) is 5.11 Å². The number of rotatable bonds is 7. The lowest BCUT2D eigenvalue weighted by Gasteiger charge is -2.28. The van der Waals surface area contributed by atoms with Crippen LogP contribution in [0.4, 0.5) is 0 Å². The van der Waals surface area contributed by atoms with E-state index in [2.05, 4.69) is 25.6 Å². The van der Waals surface area contributed by atoms with E-state index in [1.165, 1.54) is 5.56 Å². The predicted octanol–water partition coefficient (Wildman–Crippen LogP) is 3.68. The third-order valence-electron chi connectivity index (χ3n) is 3.21. The molecule has 0 fully saturated rings. The maximum Gasteiger partial charge on any atom is 0.0525 e. The quantitative estimate of drug-likeness (QED) is 0.546. The second kappa shape index (κ2) is 6.49. The van der Waals surface area contributed by atoms with Gasteiger partial charge in [0.25, 0.3) is 0 Å². The maximum atomic E-state index is 9.58. The van der Waals surface area contributed by atoms with E-state index in [0.29, 0.717) is 0 Å². The molecular weight excluding hydrogens is 196 g/mol. The van der Waals surface area contributed by atoms with Gasteiger partial charge in [-0.15, -0.1) is 6.58 Å². The average Bonchev–Trinajstić information content (AvgIpc) is 2.35. The minimum Gasteiger partial charge on any atom is -0.395 e. The fourth-order valence-corrected chi connectivity index (χ4v) is 1.96. The van der Waals surface area contributed by atoms with Crippen LogP contribution in [0.5, 0.6) is 0 Å². The van der Waals surface area contributed by atoms with Crippen molar-refractivity contribution >= 4 is 0 Å². The third-order valence-corrected chi connectivity index (χ3v) is 3.21. The Bertz CT molecular complexity index is 304. The maximum absolute atomic E-state index is 9.58. The Kier molecular flexibility index (Phi) is 5.27. The second-order valence-corrected chi connectivity index (χ2v) is 4.62. The molecule has 0 amide bonds. The Morgan fingerprint density at radius 3 is 2.50 bits per heavy atom. The number of hydrogen-bond acceptors (Lipinski definition) is 1. The standard InChI is InChI=1S/C15H22O/c1-3-4-5-9-12-15(2,13-16)14-10-7-6-8-11-14/h3,6-8,10-11,16H,1,4-5,9,12-13H2,2H3/t15-/m0/s1. The van der Waals surface area contributed by atoms with Crippen molar-refractivity contribution < 1.29 is 5.11 Å². The van der Waals surface area contributed by atoms with Gasteiger partial charge in [0.1, 0.15) is 0 Å². The van der Waals surface area contributed by atoms with Crippen LogP contribution in [0, 0.1) is 0 Å². The van der Waals surface area contributed by atoms with Gasteiger partial charge >= 0.3 is 0 Å². The van der Waals surface area contributed by atoms with Gasteiger partial charge in [-0.1, -0.05) is 49.8 Å². The molecule has 1 aromatic rings. The largest absolute Gasteiger partial charge is 0.395 e. The fraction of sp³-hybridized carbons (Fsp3) is 0.467. The van der Waals surface area contributed by atoms with Crippen molar-refractivity contribution in [2.75, 3.05) is 6.61 Å². The molecule has 0 spiro atoms. The first-order chi connectivity index (χ1) is 7.73. The first-order valence-electron chi connectivity index (χ1n) is 6.00. The lowest BCUT2D eigenvalue weighted by molar-refractivity contribution is 0.194. The molecule has 0 unspecified atom stereocenters. The Morgan fingerprint density at radius 2 is 1.94 bits per heavy atom. The van der Waals surface area contributed by atoms with Crippen LogP contribution in [0.1, 0.15) is 38.2 Å². The molecule has 0 radical (unpaired) electrons. The van der Waals surface area contributed by atoms with Crippen molar-refractivity contribution in [3.63, 3.8) is 0 Å². The highest BCUT2D eigenvalue weighted by atomic mass is 16.3. The van der Waals surface area contributed by atoms with Crippen LogP contribution in [0.3, 0.4) is 0 Å². The van der Waals surface area contributed by atoms with Crippen LogP contribution in [0.25, 0.3) is 0 Å². The first kappa shape index (κ1) is 13.0. The van der Waals surface area contributed by atoms with Crippen molar-refractivity contribution in [1.29, 1.82) is 0 Å². The molecule has 0 saturated carbocycles. The molecule has 0 aliphatic carbocycles. The average molecular weight is 218 g/mol. The van der Waals surface area contributed by atoms with Gasteiger partial charge < -0.3 is 5.11 Å². The molecule has 1 rings (SSSR count). The molecule has 1 atom stereocenters. The summed E-state index contributed by atoms with van der Waals surface area (Å²) < 4.78 is 0. The zero-order valence-electron chi connectivity index (χ0n) is 10.2. The normalized spacial score (nSPS) is 14.4. The summed E-state index contributed by atoms with van der Waals surface area (Å²) >= 11 is 0. The van der Waals surface area contributed by atoms with Crippen LogP contribution in [0.15, 0.2) is 43.0 Å². The van der Waals surface area contributed by atoms with E-state index in [1.54, 1.807) is 0 Å². The number of hydrogen-bond donors (Lipinski definition) is 1. The summed E-state index contributed by atoms with van der Waals surface area (Å²) in [4.78, 5) is 0. The summed E-state index contributed by atoms with van der Waals surface area (Å²) in [5.41, 5.74) is 1.14. The highest BCUT2D eigenvalue weighted by molar-refractivity contribution is 5.24. The highest BCUT2D eigenvalue weighted by Crippen LogP contribution is 2.29. The molecule has 0 heterocycles. The summed E-state index contributed by atoms with van der Waals surface area (Å²) in [5.74, 6) is 0. The Labute approximate surface area is 98.8 Å². The van der Waals surface area contributed by atoms with Gasteiger partial charge in [-0.3, -0.25) is 0 Å². The SMILES string of the molecule is C=CCCCC[C@@](C)(CO)c1ccccc1. The van der Waals surface area contributed by atoms with Gasteiger partial charge in [-0.25, -0.2) is 0 Å². The highest BCUT2D eigenvalue weighted by Gasteiger charge is 2.24. The van der Waals surface area contributed by atoms with Gasteiger partial charge in [0.2, 0.25) is 0 Å². The molecule has 0 saturated heterocycles. The van der Waals surface area contributed by atoms with E-state index < -0.39 is 0 Å². The van der Waals surface area contributed by atoms with Crippen molar-refractivity contribution in [1.82, 2.24) is 0 Å². The van der Waals surface area contributed by atoms with E-state index >= 15 is 0 Å². The van der Waals surface area contributed by atoms with Crippen molar-refractivity contribution in [2.24, 2.45) is 0 Å². The van der Waals surface area contributed by atoms with Gasteiger partial charge in [-0.2, -0.15) is 0 Å². The van der Waals surface area contributed by atoms with E-state index in [0.717, 1.165) is 25.7 Å². The lowest BCUT2D eigenvalue weighted by atomic mass is 9.79. The predicted molar refractivity (Wildman–Crippen MR) is 69.5 cm³/mol. The van der Waals surface area contributed by atoms with Crippen LogP contribution < -0.4 is 0 Å². The van der Waals surface area contributed by atoms with Gasteiger partial charge in [0, 0.05) is 5.41 Å². The summed E-state index contributed by atoms with van der Waals surface area (Å²) in [6, 6.07) is 10.3. The molecule has 0 aliphatic rings. The summed E-state index contributed by atoms with van der Waals surface area (Å²) in [5, 5.41) is 9.58. The Hall–Kier alpha value is -1.08. The molecule has 1 N–H and O–H groups in total. The number of unbranched alkanes of at least 4 members (excludes halogenated alkanes) is 2. The molecule has 1 heteroatoms. The fourth-order valence-electron chi connectivity index (χ4n) is 1.96. The van der Waals surface area contributed by atoms with Crippen molar-refractivity contribution in [3.05, 3.63) is 48.6 Å². The lowest BCUT2D eigenvalue weighted by Crippen LogP contribution is -2.26. The zero-order chi connectivity index (χ0) is 11.9. The molecule has 1 nitrogen and oxygen atoms in total. The smallest absolute Gasteiger partial charge is 0.0525 e. The Morgan fingerprint density at radius 1 is 1.25 bits per heavy atom. The van der Waals surface area contributed by atoms with E-state index in [-0.39, 0.29) is 12.0 Å². The summed E-state index contributed by atoms with van der Waals surface area (Å²) in [6.45, 7) is 6.07. The molecule has 0 aromatic heterocycles.